The highest BCUT2D eigenvalue weighted by Crippen LogP contribution is 2.24. The zero-order valence-corrected chi connectivity index (χ0v) is 39.4. The summed E-state index contributed by atoms with van der Waals surface area (Å²) in [6.45, 7) is 53.6. The fraction of sp³-hybridized carbons (Fsp3) is 0.569. The molecule has 0 aliphatic heterocycles. The first-order valence-electron chi connectivity index (χ1n) is 20.7. The fourth-order valence-corrected chi connectivity index (χ4v) is 5.26. The maximum absolute atomic E-state index is 14.6. The summed E-state index contributed by atoms with van der Waals surface area (Å²) in [7, 11) is 0. The molecule has 1 unspecified atom stereocenters. The lowest BCUT2D eigenvalue weighted by Crippen LogP contribution is -2.35. The molecule has 0 bridgehead atoms. The van der Waals surface area contributed by atoms with E-state index in [2.05, 4.69) is 138 Å². The SMILES string of the molecule is C/C=C(/CC)c1cc(C)ccc1C.C=C(C)CC(C)(C)C.C=C(NC(Cc1ccccc1)C(C)C)/C(F)=C\C(=C(C)C)C(C)C.CC.CC.CC.CC. The van der Waals surface area contributed by atoms with Gasteiger partial charge in [-0.05, 0) is 112 Å². The van der Waals surface area contributed by atoms with Gasteiger partial charge in [0.05, 0.1) is 5.70 Å². The van der Waals surface area contributed by atoms with Gasteiger partial charge in [0.2, 0.25) is 0 Å². The summed E-state index contributed by atoms with van der Waals surface area (Å²) in [5.41, 5.74) is 11.0. The van der Waals surface area contributed by atoms with E-state index in [4.69, 9.17) is 0 Å². The molecule has 0 aliphatic carbocycles. The van der Waals surface area contributed by atoms with Gasteiger partial charge in [0.1, 0.15) is 5.83 Å². The third kappa shape index (κ3) is 31.0. The van der Waals surface area contributed by atoms with Gasteiger partial charge in [-0.15, -0.1) is 6.58 Å². The van der Waals surface area contributed by atoms with Crippen molar-refractivity contribution in [3.8, 4) is 0 Å². The molecule has 1 nitrogen and oxygen atoms in total. The van der Waals surface area contributed by atoms with Gasteiger partial charge in [-0.25, -0.2) is 4.39 Å². The number of aryl methyl sites for hydroxylation is 2. The minimum atomic E-state index is -0.279. The van der Waals surface area contributed by atoms with Crippen molar-refractivity contribution in [1.29, 1.82) is 0 Å². The Kier molecular flexibility index (Phi) is 40.0. The number of nitrogens with one attached hydrogen (secondary N) is 1. The van der Waals surface area contributed by atoms with E-state index in [0.717, 1.165) is 30.4 Å². The Morgan fingerprint density at radius 3 is 1.64 bits per heavy atom. The minimum absolute atomic E-state index is 0.147. The summed E-state index contributed by atoms with van der Waals surface area (Å²) >= 11 is 0. The van der Waals surface area contributed by atoms with E-state index in [0.29, 0.717) is 22.9 Å². The second-order valence-electron chi connectivity index (χ2n) is 14.4. The number of allylic oxidation sites excluding steroid dienone is 7. The van der Waals surface area contributed by atoms with Gasteiger partial charge >= 0.3 is 0 Å². The minimum Gasteiger partial charge on any atom is -0.380 e. The summed E-state index contributed by atoms with van der Waals surface area (Å²) in [6.07, 6.45) is 6.93. The molecule has 2 aromatic rings. The highest BCUT2D eigenvalue weighted by Gasteiger charge is 2.17. The molecule has 2 rings (SSSR count). The Hall–Kier alpha value is -3.13. The van der Waals surface area contributed by atoms with Crippen LogP contribution >= 0.6 is 0 Å². The van der Waals surface area contributed by atoms with Crippen LogP contribution in [0.5, 0.6) is 0 Å². The quantitative estimate of drug-likeness (QED) is 0.179. The normalized spacial score (nSPS) is 11.0. The van der Waals surface area contributed by atoms with Gasteiger partial charge < -0.3 is 5.32 Å². The Balaban J connectivity index is -0.000000222. The largest absolute Gasteiger partial charge is 0.380 e. The summed E-state index contributed by atoms with van der Waals surface area (Å²) in [5.74, 6) is 0.389. The molecule has 1 N–H and O–H groups in total. The van der Waals surface area contributed by atoms with Crippen LogP contribution in [0.1, 0.15) is 174 Å². The van der Waals surface area contributed by atoms with Gasteiger partial charge in [0, 0.05) is 6.04 Å². The lowest BCUT2D eigenvalue weighted by molar-refractivity contribution is 0.410. The van der Waals surface area contributed by atoms with Crippen molar-refractivity contribution in [1.82, 2.24) is 5.32 Å². The van der Waals surface area contributed by atoms with Crippen LogP contribution in [0.25, 0.3) is 5.57 Å². The van der Waals surface area contributed by atoms with Crippen molar-refractivity contribution < 1.29 is 4.39 Å². The molecule has 1 atom stereocenters. The standard InChI is InChI=1S/C22H32FN.C13H18.C8H16.4C2H6/c1-15(2)20(16(3)4)14-21(23)18(7)24-22(17(5)6)13-19-11-9-8-10-12-19;1-5-12(6-2)13-9-10(3)7-8-11(13)4;1-7(2)6-8(3,4)5;4*1-2/h8-12,14-15,17,22,24H,7,13H2,1-6H3;5,7-9H,6H2,1-4H3;1,6H2,2-5H3;4*1-2H3/b21-14+;12-5-;;;;;. The van der Waals surface area contributed by atoms with Crippen LogP contribution in [0.4, 0.5) is 4.39 Å². The first-order chi connectivity index (χ1) is 24.8. The molecule has 0 aliphatic rings. The second-order valence-corrected chi connectivity index (χ2v) is 14.4. The number of hydrogen-bond acceptors (Lipinski definition) is 1. The Morgan fingerprint density at radius 2 is 1.30 bits per heavy atom. The van der Waals surface area contributed by atoms with Gasteiger partial charge in [0.25, 0.3) is 0 Å². The maximum atomic E-state index is 14.6. The zero-order chi connectivity index (χ0) is 42.9. The van der Waals surface area contributed by atoms with Gasteiger partial charge in [0.15, 0.2) is 0 Å². The van der Waals surface area contributed by atoms with E-state index < -0.39 is 0 Å². The van der Waals surface area contributed by atoms with Crippen LogP contribution in [-0.2, 0) is 6.42 Å². The molecule has 0 aromatic heterocycles. The Bertz CT molecular complexity index is 1280. The highest BCUT2D eigenvalue weighted by atomic mass is 19.1. The summed E-state index contributed by atoms with van der Waals surface area (Å²) in [5, 5.41) is 3.29. The van der Waals surface area contributed by atoms with E-state index in [-0.39, 0.29) is 11.9 Å². The van der Waals surface area contributed by atoms with Gasteiger partial charge in [-0.1, -0.05) is 189 Å². The van der Waals surface area contributed by atoms with Crippen molar-refractivity contribution in [2.24, 2.45) is 17.3 Å². The summed E-state index contributed by atoms with van der Waals surface area (Å²) in [4.78, 5) is 0. The molecular formula is C51H90FN. The van der Waals surface area contributed by atoms with E-state index in [1.165, 1.54) is 33.4 Å². The molecule has 0 saturated carbocycles. The van der Waals surface area contributed by atoms with Crippen LogP contribution in [0.3, 0.4) is 0 Å². The zero-order valence-electron chi connectivity index (χ0n) is 39.4. The third-order valence-electron chi connectivity index (χ3n) is 7.53. The number of hydrogen-bond donors (Lipinski definition) is 1. The predicted octanol–water partition coefficient (Wildman–Crippen LogP) is 17.4. The lowest BCUT2D eigenvalue weighted by Gasteiger charge is -2.24. The molecule has 0 fully saturated rings. The number of rotatable bonds is 11. The molecule has 2 heteroatoms. The van der Waals surface area contributed by atoms with Gasteiger partial charge in [-0.3, -0.25) is 0 Å². The number of halogens is 1. The van der Waals surface area contributed by atoms with Gasteiger partial charge in [-0.2, -0.15) is 0 Å². The Morgan fingerprint density at radius 1 is 0.811 bits per heavy atom. The molecule has 2 aromatic carbocycles. The molecular weight excluding hydrogens is 646 g/mol. The Labute approximate surface area is 333 Å². The average Bonchev–Trinajstić information content (AvgIpc) is 3.11. The molecule has 306 valence electrons. The third-order valence-corrected chi connectivity index (χ3v) is 7.53. The monoisotopic (exact) mass is 736 g/mol. The van der Waals surface area contributed by atoms with Crippen molar-refractivity contribution >= 4 is 5.57 Å². The van der Waals surface area contributed by atoms with Crippen LogP contribution in [0.2, 0.25) is 0 Å². The van der Waals surface area contributed by atoms with Crippen LogP contribution < -0.4 is 5.32 Å². The predicted molar refractivity (Wildman–Crippen MR) is 248 cm³/mol. The van der Waals surface area contributed by atoms with E-state index in [1.54, 1.807) is 6.08 Å². The topological polar surface area (TPSA) is 12.0 Å². The maximum Gasteiger partial charge on any atom is 0.145 e. The molecule has 0 saturated heterocycles. The second kappa shape index (κ2) is 35.9. The van der Waals surface area contributed by atoms with Crippen molar-refractivity contribution in [2.45, 2.75) is 178 Å². The van der Waals surface area contributed by atoms with Crippen molar-refractivity contribution in [2.75, 3.05) is 0 Å². The van der Waals surface area contributed by atoms with Crippen LogP contribution in [0.15, 0.2) is 102 Å². The average molecular weight is 736 g/mol. The number of benzene rings is 2. The van der Waals surface area contributed by atoms with E-state index in [1.807, 2.05) is 87.4 Å². The van der Waals surface area contributed by atoms with Crippen molar-refractivity contribution in [3.63, 3.8) is 0 Å². The molecule has 0 amide bonds. The summed E-state index contributed by atoms with van der Waals surface area (Å²) in [6, 6.07) is 17.1. The first-order valence-corrected chi connectivity index (χ1v) is 20.7. The lowest BCUT2D eigenvalue weighted by atomic mass is 9.89. The van der Waals surface area contributed by atoms with Crippen LogP contribution in [0, 0.1) is 31.1 Å². The highest BCUT2D eigenvalue weighted by molar-refractivity contribution is 5.68. The molecule has 53 heavy (non-hydrogen) atoms. The smallest absolute Gasteiger partial charge is 0.145 e. The van der Waals surface area contributed by atoms with E-state index >= 15 is 0 Å². The van der Waals surface area contributed by atoms with Crippen molar-refractivity contribution in [3.05, 3.63) is 124 Å². The molecule has 0 spiro atoms. The van der Waals surface area contributed by atoms with Crippen LogP contribution in [-0.4, -0.2) is 6.04 Å². The molecule has 0 radical (unpaired) electrons. The molecule has 0 heterocycles. The first kappa shape index (κ1) is 59.2. The summed E-state index contributed by atoms with van der Waals surface area (Å²) < 4.78 is 14.6. The van der Waals surface area contributed by atoms with E-state index in [9.17, 15) is 4.39 Å². The fourth-order valence-electron chi connectivity index (χ4n) is 5.26.